The summed E-state index contributed by atoms with van der Waals surface area (Å²) in [5.74, 6) is -2.20. The molecule has 2 rings (SSSR count). The average Bonchev–Trinajstić information content (AvgIpc) is 2.35. The maximum Gasteiger partial charge on any atom is 0.310 e. The van der Waals surface area contributed by atoms with Gasteiger partial charge in [-0.15, -0.1) is 0 Å². The van der Waals surface area contributed by atoms with E-state index < -0.39 is 24.0 Å². The van der Waals surface area contributed by atoms with Crippen molar-refractivity contribution in [2.75, 3.05) is 6.61 Å². The van der Waals surface area contributed by atoms with Gasteiger partial charge in [-0.05, 0) is 19.1 Å². The zero-order chi connectivity index (χ0) is 13.1. The van der Waals surface area contributed by atoms with Crippen LogP contribution in [0.3, 0.4) is 0 Å². The number of fused-ring (bicyclic) bond motifs is 1. The Morgan fingerprint density at radius 2 is 2.22 bits per heavy atom. The Kier molecular flexibility index (Phi) is 3.50. The number of aromatic nitrogens is 1. The van der Waals surface area contributed by atoms with Crippen molar-refractivity contribution in [3.8, 4) is 0 Å². The zero-order valence-electron chi connectivity index (χ0n) is 9.74. The van der Waals surface area contributed by atoms with Crippen molar-refractivity contribution in [2.24, 2.45) is 0 Å². The molecule has 1 aromatic carbocycles. The van der Waals surface area contributed by atoms with Gasteiger partial charge in [0.25, 0.3) is 0 Å². The van der Waals surface area contributed by atoms with Crippen LogP contribution < -0.4 is 0 Å². The average molecular weight is 251 g/mol. The van der Waals surface area contributed by atoms with Crippen LogP contribution in [0, 0.1) is 11.6 Å². The standard InChI is InChI=1S/C13H11F2NO2/c1-2-18-12(17)6-9-10(14)7-11-8(13(9)15)4-3-5-16-11/h3-5,7H,2,6H2,1H3. The van der Waals surface area contributed by atoms with Crippen LogP contribution in [0.4, 0.5) is 8.78 Å². The fourth-order valence-electron chi connectivity index (χ4n) is 1.71. The normalized spacial score (nSPS) is 10.6. The molecule has 1 aromatic heterocycles. The van der Waals surface area contributed by atoms with Gasteiger partial charge in [0.05, 0.1) is 18.5 Å². The van der Waals surface area contributed by atoms with E-state index in [2.05, 4.69) is 9.72 Å². The number of hydrogen-bond donors (Lipinski definition) is 0. The highest BCUT2D eigenvalue weighted by Gasteiger charge is 2.17. The molecule has 0 saturated carbocycles. The molecule has 3 nitrogen and oxygen atoms in total. The van der Waals surface area contributed by atoms with Gasteiger partial charge in [-0.2, -0.15) is 0 Å². The van der Waals surface area contributed by atoms with E-state index >= 15 is 0 Å². The van der Waals surface area contributed by atoms with Crippen molar-refractivity contribution < 1.29 is 18.3 Å². The Hall–Kier alpha value is -2.04. The fraction of sp³-hybridized carbons (Fsp3) is 0.231. The van der Waals surface area contributed by atoms with Crippen LogP contribution in [0.25, 0.3) is 10.9 Å². The summed E-state index contributed by atoms with van der Waals surface area (Å²) < 4.78 is 32.4. The summed E-state index contributed by atoms with van der Waals surface area (Å²) in [6.45, 7) is 1.81. The van der Waals surface area contributed by atoms with Gasteiger partial charge in [0.15, 0.2) is 0 Å². The number of pyridine rings is 1. The monoisotopic (exact) mass is 251 g/mol. The molecule has 0 amide bonds. The molecule has 0 unspecified atom stereocenters. The van der Waals surface area contributed by atoms with Crippen molar-refractivity contribution in [1.82, 2.24) is 4.98 Å². The highest BCUT2D eigenvalue weighted by molar-refractivity contribution is 5.82. The fourth-order valence-corrected chi connectivity index (χ4v) is 1.71. The van der Waals surface area contributed by atoms with Gasteiger partial charge in [-0.3, -0.25) is 9.78 Å². The number of nitrogens with zero attached hydrogens (tertiary/aromatic N) is 1. The molecular formula is C13H11F2NO2. The van der Waals surface area contributed by atoms with Gasteiger partial charge >= 0.3 is 5.97 Å². The van der Waals surface area contributed by atoms with E-state index in [9.17, 15) is 13.6 Å². The summed E-state index contributed by atoms with van der Waals surface area (Å²) in [5.41, 5.74) is -0.0611. The van der Waals surface area contributed by atoms with Gasteiger partial charge in [0.2, 0.25) is 0 Å². The van der Waals surface area contributed by atoms with Gasteiger partial charge < -0.3 is 4.74 Å². The molecule has 0 bridgehead atoms. The second-order valence-corrected chi connectivity index (χ2v) is 3.70. The van der Waals surface area contributed by atoms with Crippen LogP contribution in [-0.4, -0.2) is 17.6 Å². The highest BCUT2D eigenvalue weighted by Crippen LogP contribution is 2.23. The molecule has 0 fully saturated rings. The van der Waals surface area contributed by atoms with Crippen molar-refractivity contribution in [3.63, 3.8) is 0 Å². The number of carbonyl (C=O) groups is 1. The molecule has 0 aliphatic rings. The Labute approximate surface area is 102 Å². The van der Waals surface area contributed by atoms with E-state index in [0.717, 1.165) is 6.07 Å². The van der Waals surface area contributed by atoms with Crippen molar-refractivity contribution in [1.29, 1.82) is 0 Å². The summed E-state index contributed by atoms with van der Waals surface area (Å²) in [7, 11) is 0. The highest BCUT2D eigenvalue weighted by atomic mass is 19.1. The van der Waals surface area contributed by atoms with E-state index in [-0.39, 0.29) is 23.1 Å². The van der Waals surface area contributed by atoms with Gasteiger partial charge in [-0.25, -0.2) is 8.78 Å². The molecule has 0 radical (unpaired) electrons. The molecule has 5 heteroatoms. The van der Waals surface area contributed by atoms with Crippen LogP contribution in [0.5, 0.6) is 0 Å². The molecule has 0 saturated heterocycles. The summed E-state index contributed by atoms with van der Waals surface area (Å²) in [4.78, 5) is 15.1. The molecule has 18 heavy (non-hydrogen) atoms. The maximum atomic E-state index is 14.0. The first kappa shape index (κ1) is 12.4. The minimum Gasteiger partial charge on any atom is -0.466 e. The largest absolute Gasteiger partial charge is 0.466 e. The lowest BCUT2D eigenvalue weighted by Crippen LogP contribution is -2.10. The smallest absolute Gasteiger partial charge is 0.310 e. The van der Waals surface area contributed by atoms with E-state index in [1.807, 2.05) is 0 Å². The molecule has 94 valence electrons. The molecule has 0 aliphatic heterocycles. The third-order valence-electron chi connectivity index (χ3n) is 2.52. The number of halogens is 2. The van der Waals surface area contributed by atoms with Crippen molar-refractivity contribution in [3.05, 3.63) is 41.6 Å². The minimum atomic E-state index is -0.785. The second kappa shape index (κ2) is 5.08. The van der Waals surface area contributed by atoms with Crippen LogP contribution in [-0.2, 0) is 16.0 Å². The zero-order valence-corrected chi connectivity index (χ0v) is 9.74. The van der Waals surface area contributed by atoms with E-state index in [1.54, 1.807) is 13.0 Å². The lowest BCUT2D eigenvalue weighted by molar-refractivity contribution is -0.142. The second-order valence-electron chi connectivity index (χ2n) is 3.70. The number of benzene rings is 1. The first-order chi connectivity index (χ1) is 8.63. The number of esters is 1. The Balaban J connectivity index is 2.47. The van der Waals surface area contributed by atoms with Crippen molar-refractivity contribution >= 4 is 16.9 Å². The van der Waals surface area contributed by atoms with Crippen LogP contribution >= 0.6 is 0 Å². The van der Waals surface area contributed by atoms with Crippen LogP contribution in [0.15, 0.2) is 24.4 Å². The molecule has 2 aromatic rings. The topological polar surface area (TPSA) is 39.2 Å². The SMILES string of the molecule is CCOC(=O)Cc1c(F)cc2ncccc2c1F. The number of ether oxygens (including phenoxy) is 1. The van der Waals surface area contributed by atoms with Crippen molar-refractivity contribution in [2.45, 2.75) is 13.3 Å². The number of hydrogen-bond acceptors (Lipinski definition) is 3. The lowest BCUT2D eigenvalue weighted by atomic mass is 10.1. The van der Waals surface area contributed by atoms with Crippen LogP contribution in [0.1, 0.15) is 12.5 Å². The van der Waals surface area contributed by atoms with Crippen LogP contribution in [0.2, 0.25) is 0 Å². The predicted molar refractivity (Wildman–Crippen MR) is 62.0 cm³/mol. The molecular weight excluding hydrogens is 240 g/mol. The van der Waals surface area contributed by atoms with Gasteiger partial charge in [-0.1, -0.05) is 0 Å². The first-order valence-electron chi connectivity index (χ1n) is 5.50. The van der Waals surface area contributed by atoms with E-state index in [1.165, 1.54) is 12.3 Å². The third-order valence-corrected chi connectivity index (χ3v) is 2.52. The molecule has 1 heterocycles. The quantitative estimate of drug-likeness (QED) is 0.787. The summed E-state index contributed by atoms with van der Waals surface area (Å²) in [6.07, 6.45) is 1.03. The Bertz CT molecular complexity index is 599. The minimum absolute atomic E-state index is 0.178. The molecule has 0 N–H and O–H groups in total. The summed E-state index contributed by atoms with van der Waals surface area (Å²) in [5, 5.41) is 0.193. The maximum absolute atomic E-state index is 14.0. The summed E-state index contributed by atoms with van der Waals surface area (Å²) >= 11 is 0. The van der Waals surface area contributed by atoms with E-state index in [4.69, 9.17) is 0 Å². The molecule has 0 aliphatic carbocycles. The molecule has 0 atom stereocenters. The number of carbonyl (C=O) groups excluding carboxylic acids is 1. The molecule has 0 spiro atoms. The Morgan fingerprint density at radius 3 is 2.94 bits per heavy atom. The Morgan fingerprint density at radius 1 is 1.44 bits per heavy atom. The van der Waals surface area contributed by atoms with Gasteiger partial charge in [0.1, 0.15) is 11.6 Å². The number of rotatable bonds is 3. The summed E-state index contributed by atoms with van der Waals surface area (Å²) in [6, 6.07) is 4.16. The first-order valence-corrected chi connectivity index (χ1v) is 5.50. The van der Waals surface area contributed by atoms with Gasteiger partial charge in [0, 0.05) is 23.2 Å². The predicted octanol–water partition coefficient (Wildman–Crippen LogP) is 2.62. The third kappa shape index (κ3) is 2.30. The van der Waals surface area contributed by atoms with E-state index in [0.29, 0.717) is 0 Å². The lowest BCUT2D eigenvalue weighted by Gasteiger charge is -2.07.